The van der Waals surface area contributed by atoms with Crippen molar-refractivity contribution in [3.05, 3.63) is 66.6 Å². The number of nitrogens with zero attached hydrogens (tertiary/aromatic N) is 7. The lowest BCUT2D eigenvalue weighted by Gasteiger charge is -2.06. The Bertz CT molecular complexity index is 1240. The zero-order valence-electron chi connectivity index (χ0n) is 14.3. The highest BCUT2D eigenvalue weighted by Crippen LogP contribution is 2.30. The fourth-order valence-electron chi connectivity index (χ4n) is 3.29. The largest absolute Gasteiger partial charge is 0.297 e. The van der Waals surface area contributed by atoms with Gasteiger partial charge in [0.05, 0.1) is 17.3 Å². The Hall–Kier alpha value is -3.61. The highest BCUT2D eigenvalue weighted by molar-refractivity contribution is 5.95. The van der Waals surface area contributed by atoms with Gasteiger partial charge in [0.25, 0.3) is 0 Å². The summed E-state index contributed by atoms with van der Waals surface area (Å²) < 4.78 is 3.84. The van der Waals surface area contributed by atoms with Gasteiger partial charge in [-0.2, -0.15) is 0 Å². The van der Waals surface area contributed by atoms with E-state index in [1.807, 2.05) is 30.5 Å². The summed E-state index contributed by atoms with van der Waals surface area (Å²) in [6.45, 7) is 4.17. The minimum Gasteiger partial charge on any atom is -0.297 e. The standard InChI is InChI=1S/C19H15N7/c1-12-13(2)26(15-4-3-7-21-10-15)18-16(12)19-23-17(24-25(19)11-22-18)14-5-8-20-9-6-14/h3-11H,1-2H3. The van der Waals surface area contributed by atoms with Crippen molar-refractivity contribution in [2.45, 2.75) is 13.8 Å². The van der Waals surface area contributed by atoms with E-state index in [0.717, 1.165) is 39.2 Å². The maximum atomic E-state index is 4.78. The molecule has 0 saturated heterocycles. The number of rotatable bonds is 2. The van der Waals surface area contributed by atoms with E-state index in [4.69, 9.17) is 4.98 Å². The molecular weight excluding hydrogens is 326 g/mol. The van der Waals surface area contributed by atoms with Gasteiger partial charge in [0.2, 0.25) is 0 Å². The molecule has 0 unspecified atom stereocenters. The summed E-state index contributed by atoms with van der Waals surface area (Å²) in [6, 6.07) is 7.75. The Morgan fingerprint density at radius 3 is 2.54 bits per heavy atom. The molecule has 0 aromatic carbocycles. The lowest BCUT2D eigenvalue weighted by atomic mass is 10.2. The third kappa shape index (κ3) is 2.03. The Morgan fingerprint density at radius 2 is 1.77 bits per heavy atom. The first-order chi connectivity index (χ1) is 12.7. The van der Waals surface area contributed by atoms with E-state index in [1.54, 1.807) is 29.4 Å². The first kappa shape index (κ1) is 14.7. The van der Waals surface area contributed by atoms with Crippen LogP contribution in [0.25, 0.3) is 33.8 Å². The second-order valence-electron chi connectivity index (χ2n) is 6.14. The Balaban J connectivity index is 1.83. The van der Waals surface area contributed by atoms with Crippen molar-refractivity contribution in [1.29, 1.82) is 0 Å². The number of pyridine rings is 2. The van der Waals surface area contributed by atoms with E-state index in [1.165, 1.54) is 0 Å². The third-order valence-corrected chi connectivity index (χ3v) is 4.68. The third-order valence-electron chi connectivity index (χ3n) is 4.68. The van der Waals surface area contributed by atoms with Crippen LogP contribution in [0.15, 0.2) is 55.4 Å². The second-order valence-corrected chi connectivity index (χ2v) is 6.14. The van der Waals surface area contributed by atoms with Crippen LogP contribution in [0.5, 0.6) is 0 Å². The van der Waals surface area contributed by atoms with E-state index in [0.29, 0.717) is 5.82 Å². The lowest BCUT2D eigenvalue weighted by molar-refractivity contribution is 0.925. The Labute approximate surface area is 149 Å². The maximum Gasteiger partial charge on any atom is 0.182 e. The first-order valence-electron chi connectivity index (χ1n) is 8.28. The van der Waals surface area contributed by atoms with Gasteiger partial charge in [0.1, 0.15) is 6.33 Å². The van der Waals surface area contributed by atoms with Gasteiger partial charge in [0, 0.05) is 29.8 Å². The van der Waals surface area contributed by atoms with Crippen molar-refractivity contribution in [3.8, 4) is 17.1 Å². The fourth-order valence-corrected chi connectivity index (χ4v) is 3.29. The minimum absolute atomic E-state index is 0.660. The topological polar surface area (TPSA) is 73.8 Å². The van der Waals surface area contributed by atoms with Crippen molar-refractivity contribution in [2.24, 2.45) is 0 Å². The second kappa shape index (κ2) is 5.45. The fraction of sp³-hybridized carbons (Fsp3) is 0.105. The van der Waals surface area contributed by atoms with Crippen molar-refractivity contribution in [3.63, 3.8) is 0 Å². The zero-order chi connectivity index (χ0) is 17.7. The molecule has 126 valence electrons. The molecule has 7 nitrogen and oxygen atoms in total. The molecule has 0 spiro atoms. The van der Waals surface area contributed by atoms with E-state index in [9.17, 15) is 0 Å². The molecule has 0 atom stereocenters. The normalized spacial score (nSPS) is 11.5. The zero-order valence-corrected chi connectivity index (χ0v) is 14.3. The van der Waals surface area contributed by atoms with Gasteiger partial charge in [-0.3, -0.25) is 14.5 Å². The van der Waals surface area contributed by atoms with Crippen LogP contribution >= 0.6 is 0 Å². The molecule has 0 aliphatic carbocycles. The Morgan fingerprint density at radius 1 is 0.923 bits per heavy atom. The number of aryl methyl sites for hydroxylation is 1. The van der Waals surface area contributed by atoms with Crippen LogP contribution in [0.3, 0.4) is 0 Å². The predicted molar refractivity (Wildman–Crippen MR) is 98.1 cm³/mol. The molecule has 0 aliphatic heterocycles. The summed E-state index contributed by atoms with van der Waals surface area (Å²) in [5.41, 5.74) is 5.81. The summed E-state index contributed by atoms with van der Waals surface area (Å²) in [6.07, 6.45) is 8.79. The van der Waals surface area contributed by atoms with E-state index in [2.05, 4.69) is 38.5 Å². The van der Waals surface area contributed by atoms with Crippen LogP contribution in [0.4, 0.5) is 0 Å². The van der Waals surface area contributed by atoms with Crippen LogP contribution < -0.4 is 0 Å². The van der Waals surface area contributed by atoms with Crippen LogP contribution in [-0.4, -0.2) is 34.1 Å². The first-order valence-corrected chi connectivity index (χ1v) is 8.28. The molecule has 0 aliphatic rings. The minimum atomic E-state index is 0.660. The van der Waals surface area contributed by atoms with Crippen LogP contribution in [0.1, 0.15) is 11.3 Å². The van der Waals surface area contributed by atoms with Gasteiger partial charge in [-0.15, -0.1) is 5.10 Å². The van der Waals surface area contributed by atoms with E-state index >= 15 is 0 Å². The summed E-state index contributed by atoms with van der Waals surface area (Å²) in [5, 5.41) is 5.58. The average Bonchev–Trinajstić information content (AvgIpc) is 3.23. The van der Waals surface area contributed by atoms with E-state index < -0.39 is 0 Å². The van der Waals surface area contributed by atoms with E-state index in [-0.39, 0.29) is 0 Å². The molecule has 0 fully saturated rings. The van der Waals surface area contributed by atoms with Gasteiger partial charge >= 0.3 is 0 Å². The summed E-state index contributed by atoms with van der Waals surface area (Å²) >= 11 is 0. The van der Waals surface area contributed by atoms with Crippen LogP contribution in [0, 0.1) is 13.8 Å². The van der Waals surface area contributed by atoms with Crippen LogP contribution in [-0.2, 0) is 0 Å². The predicted octanol–water partition coefficient (Wildman–Crippen LogP) is 3.14. The molecule has 5 heterocycles. The average molecular weight is 341 g/mol. The molecule has 0 bridgehead atoms. The molecule has 0 amide bonds. The van der Waals surface area contributed by atoms with Gasteiger partial charge in [-0.25, -0.2) is 14.5 Å². The molecular formula is C19H15N7. The lowest BCUT2D eigenvalue weighted by Crippen LogP contribution is -1.99. The molecule has 26 heavy (non-hydrogen) atoms. The van der Waals surface area contributed by atoms with Gasteiger partial charge < -0.3 is 0 Å². The molecule has 0 radical (unpaired) electrons. The van der Waals surface area contributed by atoms with Crippen LogP contribution in [0.2, 0.25) is 0 Å². The molecule has 5 aromatic heterocycles. The highest BCUT2D eigenvalue weighted by Gasteiger charge is 2.19. The number of aromatic nitrogens is 7. The number of hydrogen-bond donors (Lipinski definition) is 0. The van der Waals surface area contributed by atoms with Gasteiger partial charge in [0.15, 0.2) is 17.1 Å². The smallest absolute Gasteiger partial charge is 0.182 e. The van der Waals surface area contributed by atoms with Gasteiger partial charge in [-0.05, 0) is 43.7 Å². The maximum absolute atomic E-state index is 4.78. The van der Waals surface area contributed by atoms with Gasteiger partial charge in [-0.1, -0.05) is 0 Å². The molecule has 5 aromatic rings. The summed E-state index contributed by atoms with van der Waals surface area (Å²) in [5.74, 6) is 0.660. The Kier molecular flexibility index (Phi) is 3.08. The molecule has 5 rings (SSSR count). The molecule has 0 N–H and O–H groups in total. The SMILES string of the molecule is Cc1c(C)n(-c2cccnc2)c2ncn3nc(-c4ccncc4)nc3c12. The summed E-state index contributed by atoms with van der Waals surface area (Å²) in [7, 11) is 0. The quantitative estimate of drug-likeness (QED) is 0.493. The summed E-state index contributed by atoms with van der Waals surface area (Å²) in [4.78, 5) is 17.7. The highest BCUT2D eigenvalue weighted by atomic mass is 15.3. The van der Waals surface area contributed by atoms with Crippen molar-refractivity contribution in [1.82, 2.24) is 34.1 Å². The monoisotopic (exact) mass is 341 g/mol. The van der Waals surface area contributed by atoms with Crippen molar-refractivity contribution in [2.75, 3.05) is 0 Å². The molecule has 7 heteroatoms. The number of fused-ring (bicyclic) bond motifs is 3. The number of hydrogen-bond acceptors (Lipinski definition) is 5. The molecule has 0 saturated carbocycles. The van der Waals surface area contributed by atoms with Crippen molar-refractivity contribution >= 4 is 16.7 Å². The van der Waals surface area contributed by atoms with Crippen molar-refractivity contribution < 1.29 is 0 Å².